The number of anilines is 3. The number of sulfonamides is 1. The number of amides is 1. The third-order valence-electron chi connectivity index (χ3n) is 6.21. The van der Waals surface area contributed by atoms with Gasteiger partial charge in [0.25, 0.3) is 10.0 Å². The minimum absolute atomic E-state index is 0.0878. The number of carboxylic acid groups (broad SMARTS) is 2. The Morgan fingerprint density at radius 1 is 0.800 bits per heavy atom. The van der Waals surface area contributed by atoms with E-state index >= 15 is 0 Å². The van der Waals surface area contributed by atoms with Crippen molar-refractivity contribution >= 4 is 55.7 Å². The summed E-state index contributed by atoms with van der Waals surface area (Å²) in [5.41, 5.74) is 1.93. The van der Waals surface area contributed by atoms with Gasteiger partial charge < -0.3 is 20.4 Å². The van der Waals surface area contributed by atoms with E-state index in [1.165, 1.54) is 31.2 Å². The highest BCUT2D eigenvalue weighted by Crippen LogP contribution is 2.32. The van der Waals surface area contributed by atoms with Gasteiger partial charge in [-0.1, -0.05) is 54.6 Å². The maximum absolute atomic E-state index is 13.2. The fraction of sp³-hybridized carbons (Fsp3) is 0.138. The maximum Gasteiger partial charge on any atom is 0.326 e. The predicted molar refractivity (Wildman–Crippen MR) is 152 cm³/mol. The second-order valence-corrected chi connectivity index (χ2v) is 10.7. The molecule has 1 amide bonds. The SMILES string of the molecule is CC(=O)N(CC(=O)O)c1ccc(S(=O)(=O)Nc2ccc(NC(Cc3ccccc3)C(=O)O)c3ccccc23)cc1. The molecule has 4 aromatic carbocycles. The molecule has 0 spiro atoms. The first kappa shape index (κ1) is 28.1. The van der Waals surface area contributed by atoms with Gasteiger partial charge in [0.15, 0.2) is 0 Å². The highest BCUT2D eigenvalue weighted by Gasteiger charge is 2.22. The van der Waals surface area contributed by atoms with Gasteiger partial charge in [0.2, 0.25) is 5.91 Å². The van der Waals surface area contributed by atoms with Crippen LogP contribution in [0.15, 0.2) is 95.9 Å². The quantitative estimate of drug-likeness (QED) is 0.213. The van der Waals surface area contributed by atoms with Gasteiger partial charge in [-0.05, 0) is 42.0 Å². The molecule has 0 aliphatic carbocycles. The van der Waals surface area contributed by atoms with Crippen molar-refractivity contribution in [3.63, 3.8) is 0 Å². The van der Waals surface area contributed by atoms with E-state index in [0.717, 1.165) is 10.5 Å². The predicted octanol–water partition coefficient (Wildman–Crippen LogP) is 4.19. The average Bonchev–Trinajstić information content (AvgIpc) is 2.93. The van der Waals surface area contributed by atoms with Crippen molar-refractivity contribution in [1.29, 1.82) is 0 Å². The molecule has 1 atom stereocenters. The highest BCUT2D eigenvalue weighted by atomic mass is 32.2. The number of hydrogen-bond donors (Lipinski definition) is 4. The monoisotopic (exact) mass is 561 g/mol. The van der Waals surface area contributed by atoms with Crippen molar-refractivity contribution in [1.82, 2.24) is 0 Å². The van der Waals surface area contributed by atoms with E-state index in [0.29, 0.717) is 16.5 Å². The van der Waals surface area contributed by atoms with E-state index in [-0.39, 0.29) is 22.7 Å². The van der Waals surface area contributed by atoms with Gasteiger partial charge in [-0.15, -0.1) is 0 Å². The number of carboxylic acids is 2. The standard InChI is InChI=1S/C29H27N3O7S/c1-19(33)32(18-28(34)35)21-11-13-22(14-12-21)40(38,39)31-26-16-15-25(23-9-5-6-10-24(23)26)30-27(29(36)37)17-20-7-3-2-4-8-20/h2-16,27,30-31H,17-18H2,1H3,(H,34,35)(H,36,37). The molecule has 40 heavy (non-hydrogen) atoms. The summed E-state index contributed by atoms with van der Waals surface area (Å²) in [4.78, 5) is 35.9. The number of fused-ring (bicyclic) bond motifs is 1. The normalized spacial score (nSPS) is 11.9. The number of rotatable bonds is 11. The molecule has 11 heteroatoms. The summed E-state index contributed by atoms with van der Waals surface area (Å²) in [5, 5.41) is 23.1. The number of nitrogens with one attached hydrogen (secondary N) is 2. The van der Waals surface area contributed by atoms with Crippen molar-refractivity contribution in [2.24, 2.45) is 0 Å². The molecular weight excluding hydrogens is 534 g/mol. The maximum atomic E-state index is 13.2. The Labute approximate surface area is 230 Å². The second kappa shape index (κ2) is 11.9. The molecule has 0 fully saturated rings. The Balaban J connectivity index is 1.60. The fourth-order valence-corrected chi connectivity index (χ4v) is 5.36. The number of carbonyl (C=O) groups excluding carboxylic acids is 1. The third-order valence-corrected chi connectivity index (χ3v) is 7.59. The first-order valence-electron chi connectivity index (χ1n) is 12.2. The number of hydrogen-bond acceptors (Lipinski definition) is 6. The molecule has 0 aliphatic heterocycles. The Morgan fingerprint density at radius 2 is 1.38 bits per heavy atom. The molecule has 4 N–H and O–H groups in total. The molecule has 1 unspecified atom stereocenters. The van der Waals surface area contributed by atoms with Crippen molar-refractivity contribution in [3.8, 4) is 0 Å². The van der Waals surface area contributed by atoms with Crippen molar-refractivity contribution in [2.45, 2.75) is 24.3 Å². The zero-order chi connectivity index (χ0) is 28.9. The van der Waals surface area contributed by atoms with Crippen LogP contribution in [-0.4, -0.2) is 49.1 Å². The van der Waals surface area contributed by atoms with Crippen LogP contribution in [0, 0.1) is 0 Å². The molecule has 0 saturated heterocycles. The smallest absolute Gasteiger partial charge is 0.326 e. The summed E-state index contributed by atoms with van der Waals surface area (Å²) >= 11 is 0. The zero-order valence-electron chi connectivity index (χ0n) is 21.4. The number of aliphatic carboxylic acids is 2. The molecule has 206 valence electrons. The largest absolute Gasteiger partial charge is 0.480 e. The Kier molecular flexibility index (Phi) is 8.34. The minimum Gasteiger partial charge on any atom is -0.480 e. The number of carbonyl (C=O) groups is 3. The molecule has 0 bridgehead atoms. The fourth-order valence-electron chi connectivity index (χ4n) is 4.28. The zero-order valence-corrected chi connectivity index (χ0v) is 22.3. The van der Waals surface area contributed by atoms with Crippen LogP contribution in [0.2, 0.25) is 0 Å². The number of benzene rings is 4. The van der Waals surface area contributed by atoms with E-state index in [2.05, 4.69) is 10.0 Å². The summed E-state index contributed by atoms with van der Waals surface area (Å²) in [6.45, 7) is 0.666. The van der Waals surface area contributed by atoms with Crippen LogP contribution in [-0.2, 0) is 30.8 Å². The lowest BCUT2D eigenvalue weighted by Gasteiger charge is -2.20. The van der Waals surface area contributed by atoms with Crippen LogP contribution >= 0.6 is 0 Å². The van der Waals surface area contributed by atoms with E-state index in [1.807, 2.05) is 30.3 Å². The van der Waals surface area contributed by atoms with Crippen LogP contribution in [0.4, 0.5) is 17.1 Å². The molecule has 4 aromatic rings. The first-order valence-corrected chi connectivity index (χ1v) is 13.7. The minimum atomic E-state index is -4.06. The summed E-state index contributed by atoms with van der Waals surface area (Å²) in [6, 6.07) is 23.8. The molecule has 0 aromatic heterocycles. The summed E-state index contributed by atoms with van der Waals surface area (Å²) in [5.74, 6) is -2.72. The van der Waals surface area contributed by atoms with Crippen LogP contribution in [0.3, 0.4) is 0 Å². The lowest BCUT2D eigenvalue weighted by Crippen LogP contribution is -2.33. The molecule has 0 aliphatic rings. The van der Waals surface area contributed by atoms with Crippen LogP contribution in [0.1, 0.15) is 12.5 Å². The molecule has 0 heterocycles. The Bertz CT molecular complexity index is 1660. The third kappa shape index (κ3) is 6.56. The average molecular weight is 562 g/mol. The Hall–Kier alpha value is -4.90. The van der Waals surface area contributed by atoms with Crippen molar-refractivity contribution in [3.05, 3.63) is 96.6 Å². The van der Waals surface area contributed by atoms with E-state index in [1.54, 1.807) is 36.4 Å². The topological polar surface area (TPSA) is 153 Å². The highest BCUT2D eigenvalue weighted by molar-refractivity contribution is 7.92. The van der Waals surface area contributed by atoms with E-state index in [4.69, 9.17) is 5.11 Å². The van der Waals surface area contributed by atoms with Gasteiger partial charge >= 0.3 is 11.9 Å². The van der Waals surface area contributed by atoms with Crippen molar-refractivity contribution < 1.29 is 33.0 Å². The summed E-state index contributed by atoms with van der Waals surface area (Å²) in [6.07, 6.45) is 0.252. The van der Waals surface area contributed by atoms with Crippen LogP contribution < -0.4 is 14.9 Å². The number of nitrogens with zero attached hydrogens (tertiary/aromatic N) is 1. The van der Waals surface area contributed by atoms with Gasteiger partial charge in [-0.25, -0.2) is 13.2 Å². The van der Waals surface area contributed by atoms with Gasteiger partial charge in [-0.3, -0.25) is 14.3 Å². The second-order valence-electron chi connectivity index (χ2n) is 9.03. The van der Waals surface area contributed by atoms with E-state index < -0.39 is 40.5 Å². The van der Waals surface area contributed by atoms with Crippen molar-refractivity contribution in [2.75, 3.05) is 21.5 Å². The van der Waals surface area contributed by atoms with Gasteiger partial charge in [0.1, 0.15) is 12.6 Å². The molecule has 4 rings (SSSR count). The first-order chi connectivity index (χ1) is 19.0. The molecular formula is C29H27N3O7S. The summed E-state index contributed by atoms with van der Waals surface area (Å²) in [7, 11) is -4.06. The lowest BCUT2D eigenvalue weighted by molar-refractivity contribution is -0.138. The lowest BCUT2D eigenvalue weighted by atomic mass is 10.0. The van der Waals surface area contributed by atoms with Gasteiger partial charge in [-0.2, -0.15) is 0 Å². The van der Waals surface area contributed by atoms with Gasteiger partial charge in [0, 0.05) is 35.5 Å². The van der Waals surface area contributed by atoms with Crippen LogP contribution in [0.5, 0.6) is 0 Å². The molecule has 0 saturated carbocycles. The molecule has 10 nitrogen and oxygen atoms in total. The van der Waals surface area contributed by atoms with E-state index in [9.17, 15) is 27.9 Å². The Morgan fingerprint density at radius 3 is 1.95 bits per heavy atom. The van der Waals surface area contributed by atoms with Crippen LogP contribution in [0.25, 0.3) is 10.8 Å². The summed E-state index contributed by atoms with van der Waals surface area (Å²) < 4.78 is 29.0. The van der Waals surface area contributed by atoms with Gasteiger partial charge in [0.05, 0.1) is 10.6 Å². The molecule has 0 radical (unpaired) electrons.